The van der Waals surface area contributed by atoms with Crippen LogP contribution in [-0.2, 0) is 10.0 Å². The summed E-state index contributed by atoms with van der Waals surface area (Å²) in [6.45, 7) is 7.57. The number of nitrogens with zero attached hydrogens (tertiary/aromatic N) is 1. The van der Waals surface area contributed by atoms with Crippen molar-refractivity contribution in [2.24, 2.45) is 11.7 Å². The summed E-state index contributed by atoms with van der Waals surface area (Å²) in [5.41, 5.74) is 7.14. The van der Waals surface area contributed by atoms with E-state index >= 15 is 0 Å². The molecular formula is C15H25N3O2S. The van der Waals surface area contributed by atoms with Gasteiger partial charge in [-0.15, -0.1) is 0 Å². The summed E-state index contributed by atoms with van der Waals surface area (Å²) in [5, 5.41) is 0. The molecule has 1 saturated heterocycles. The van der Waals surface area contributed by atoms with Gasteiger partial charge < -0.3 is 10.6 Å². The molecule has 1 aromatic rings. The number of sulfonamides is 1. The highest BCUT2D eigenvalue weighted by atomic mass is 32.2. The van der Waals surface area contributed by atoms with E-state index in [9.17, 15) is 8.42 Å². The van der Waals surface area contributed by atoms with Crippen molar-refractivity contribution >= 4 is 15.7 Å². The molecule has 0 spiro atoms. The fourth-order valence-electron chi connectivity index (χ4n) is 2.55. The van der Waals surface area contributed by atoms with Crippen molar-refractivity contribution in [2.45, 2.75) is 44.2 Å². The molecule has 1 fully saturated rings. The molecule has 0 radical (unpaired) electrons. The Morgan fingerprint density at radius 1 is 1.29 bits per heavy atom. The van der Waals surface area contributed by atoms with E-state index in [1.807, 2.05) is 26.0 Å². The highest BCUT2D eigenvalue weighted by molar-refractivity contribution is 7.89. The summed E-state index contributed by atoms with van der Waals surface area (Å²) in [6.07, 6.45) is 1.07. The zero-order valence-electron chi connectivity index (χ0n) is 12.9. The van der Waals surface area contributed by atoms with Gasteiger partial charge in [-0.05, 0) is 50.5 Å². The van der Waals surface area contributed by atoms with E-state index in [0.29, 0.717) is 10.8 Å². The predicted octanol–water partition coefficient (Wildman–Crippen LogP) is 1.55. The number of nitrogens with two attached hydrogens (primary N) is 1. The molecule has 2 rings (SSSR count). The Morgan fingerprint density at radius 2 is 1.90 bits per heavy atom. The smallest absolute Gasteiger partial charge is 0.240 e. The summed E-state index contributed by atoms with van der Waals surface area (Å²) in [4.78, 5) is 2.52. The summed E-state index contributed by atoms with van der Waals surface area (Å²) in [5.74, 6) is 0.538. The normalized spacial score (nSPS) is 23.6. The number of piperidine rings is 1. The van der Waals surface area contributed by atoms with Gasteiger partial charge in [-0.3, -0.25) is 0 Å². The molecule has 0 saturated carbocycles. The lowest BCUT2D eigenvalue weighted by Gasteiger charge is -2.36. The van der Waals surface area contributed by atoms with Crippen LogP contribution >= 0.6 is 0 Å². The Kier molecular flexibility index (Phi) is 4.91. The molecule has 0 amide bonds. The minimum Gasteiger partial charge on any atom is -0.370 e. The minimum absolute atomic E-state index is 0.115. The van der Waals surface area contributed by atoms with Crippen molar-refractivity contribution < 1.29 is 8.42 Å². The van der Waals surface area contributed by atoms with Crippen molar-refractivity contribution in [2.75, 3.05) is 18.0 Å². The number of rotatable bonds is 4. The molecular weight excluding hydrogens is 286 g/mol. The quantitative estimate of drug-likeness (QED) is 0.884. The lowest BCUT2D eigenvalue weighted by atomic mass is 9.94. The number of hydrogen-bond donors (Lipinski definition) is 2. The average molecular weight is 311 g/mol. The van der Waals surface area contributed by atoms with E-state index in [2.05, 4.69) is 16.5 Å². The zero-order chi connectivity index (χ0) is 15.6. The van der Waals surface area contributed by atoms with Crippen LogP contribution in [0, 0.1) is 5.92 Å². The SMILES string of the molecule is CC(C)NS(=O)(=O)c1ccc(N2CCC(C)C(N)C2)cc1. The summed E-state index contributed by atoms with van der Waals surface area (Å²) >= 11 is 0. The Hall–Kier alpha value is -1.11. The molecule has 0 aromatic heterocycles. The lowest BCUT2D eigenvalue weighted by molar-refractivity contribution is 0.379. The second-order valence-corrected chi connectivity index (χ2v) is 7.86. The van der Waals surface area contributed by atoms with Crippen molar-refractivity contribution in [1.82, 2.24) is 4.72 Å². The Morgan fingerprint density at radius 3 is 2.43 bits per heavy atom. The molecule has 3 N–H and O–H groups in total. The Balaban J connectivity index is 2.12. The van der Waals surface area contributed by atoms with Gasteiger partial charge in [-0.2, -0.15) is 0 Å². The van der Waals surface area contributed by atoms with E-state index in [4.69, 9.17) is 5.73 Å². The van der Waals surface area contributed by atoms with Gasteiger partial charge in [-0.25, -0.2) is 13.1 Å². The van der Waals surface area contributed by atoms with Crippen molar-refractivity contribution in [3.05, 3.63) is 24.3 Å². The maximum absolute atomic E-state index is 12.1. The first-order valence-electron chi connectivity index (χ1n) is 7.42. The average Bonchev–Trinajstić information content (AvgIpc) is 2.41. The van der Waals surface area contributed by atoms with Gasteiger partial charge in [0.25, 0.3) is 0 Å². The highest BCUT2D eigenvalue weighted by Gasteiger charge is 2.23. The van der Waals surface area contributed by atoms with Gasteiger partial charge >= 0.3 is 0 Å². The zero-order valence-corrected chi connectivity index (χ0v) is 13.7. The number of benzene rings is 1. The van der Waals surface area contributed by atoms with Crippen molar-refractivity contribution in [3.8, 4) is 0 Å². The molecule has 5 nitrogen and oxygen atoms in total. The Labute approximate surface area is 127 Å². The van der Waals surface area contributed by atoms with Crippen LogP contribution in [0.2, 0.25) is 0 Å². The van der Waals surface area contributed by atoms with E-state index in [1.165, 1.54) is 0 Å². The van der Waals surface area contributed by atoms with E-state index in [1.54, 1.807) is 12.1 Å². The number of anilines is 1. The van der Waals surface area contributed by atoms with Crippen LogP contribution in [0.1, 0.15) is 27.2 Å². The second kappa shape index (κ2) is 6.34. The van der Waals surface area contributed by atoms with Crippen molar-refractivity contribution in [1.29, 1.82) is 0 Å². The van der Waals surface area contributed by atoms with Crippen LogP contribution in [0.5, 0.6) is 0 Å². The standard InChI is InChI=1S/C15H25N3O2S/c1-11(2)17-21(19,20)14-6-4-13(5-7-14)18-9-8-12(3)15(16)10-18/h4-7,11-12,15,17H,8-10,16H2,1-3H3. The van der Waals surface area contributed by atoms with Crippen molar-refractivity contribution in [3.63, 3.8) is 0 Å². The van der Waals surface area contributed by atoms with E-state index < -0.39 is 10.0 Å². The molecule has 0 bridgehead atoms. The monoisotopic (exact) mass is 311 g/mol. The molecule has 1 heterocycles. The van der Waals surface area contributed by atoms with Gasteiger partial charge in [0.2, 0.25) is 10.0 Å². The maximum atomic E-state index is 12.1. The van der Waals surface area contributed by atoms with E-state index in [-0.39, 0.29) is 12.1 Å². The van der Waals surface area contributed by atoms with Gasteiger partial charge in [-0.1, -0.05) is 6.92 Å². The maximum Gasteiger partial charge on any atom is 0.240 e. The third-order valence-electron chi connectivity index (χ3n) is 3.92. The fourth-order valence-corrected chi connectivity index (χ4v) is 3.80. The molecule has 2 unspecified atom stereocenters. The largest absolute Gasteiger partial charge is 0.370 e. The summed E-state index contributed by atoms with van der Waals surface area (Å²) in [6, 6.07) is 7.09. The molecule has 1 aliphatic rings. The predicted molar refractivity (Wildman–Crippen MR) is 85.9 cm³/mol. The lowest BCUT2D eigenvalue weighted by Crippen LogP contribution is -2.47. The molecule has 1 aromatic carbocycles. The summed E-state index contributed by atoms with van der Waals surface area (Å²) < 4.78 is 26.7. The first kappa shape index (κ1) is 16.3. The first-order chi connectivity index (χ1) is 9.79. The van der Waals surface area contributed by atoms with E-state index in [0.717, 1.165) is 25.2 Å². The second-order valence-electron chi connectivity index (χ2n) is 6.15. The van der Waals surface area contributed by atoms with Crippen LogP contribution in [-0.4, -0.2) is 33.6 Å². The van der Waals surface area contributed by atoms with Crippen LogP contribution in [0.25, 0.3) is 0 Å². The highest BCUT2D eigenvalue weighted by Crippen LogP contribution is 2.23. The third kappa shape index (κ3) is 3.96. The van der Waals surface area contributed by atoms with Crippen LogP contribution < -0.4 is 15.4 Å². The molecule has 0 aliphatic carbocycles. The molecule has 21 heavy (non-hydrogen) atoms. The molecule has 6 heteroatoms. The van der Waals surface area contributed by atoms with Gasteiger partial charge in [0, 0.05) is 30.9 Å². The topological polar surface area (TPSA) is 75.4 Å². The van der Waals surface area contributed by atoms with Crippen LogP contribution in [0.4, 0.5) is 5.69 Å². The first-order valence-corrected chi connectivity index (χ1v) is 8.91. The van der Waals surface area contributed by atoms with Gasteiger partial charge in [0.1, 0.15) is 0 Å². The van der Waals surface area contributed by atoms with Gasteiger partial charge in [0.15, 0.2) is 0 Å². The Bertz CT molecular complexity index is 569. The minimum atomic E-state index is -3.42. The number of nitrogens with one attached hydrogen (secondary N) is 1. The molecule has 118 valence electrons. The summed E-state index contributed by atoms with van der Waals surface area (Å²) in [7, 11) is -3.42. The van der Waals surface area contributed by atoms with Crippen LogP contribution in [0.3, 0.4) is 0 Å². The molecule has 1 aliphatic heterocycles. The third-order valence-corrected chi connectivity index (χ3v) is 5.59. The number of hydrogen-bond acceptors (Lipinski definition) is 4. The van der Waals surface area contributed by atoms with Gasteiger partial charge in [0.05, 0.1) is 4.90 Å². The molecule has 2 atom stereocenters. The van der Waals surface area contributed by atoms with Crippen LogP contribution in [0.15, 0.2) is 29.2 Å². The fraction of sp³-hybridized carbons (Fsp3) is 0.600.